The van der Waals surface area contributed by atoms with Gasteiger partial charge in [-0.05, 0) is 25.5 Å². The molecule has 0 unspecified atom stereocenters. The highest BCUT2D eigenvalue weighted by molar-refractivity contribution is 6.21. The number of fused-ring (bicyclic) bond motifs is 1. The van der Waals surface area contributed by atoms with Gasteiger partial charge in [0.1, 0.15) is 0 Å². The van der Waals surface area contributed by atoms with Crippen LogP contribution in [0.25, 0.3) is 0 Å². The van der Waals surface area contributed by atoms with Crippen molar-refractivity contribution < 1.29 is 19.2 Å². The third-order valence-electron chi connectivity index (χ3n) is 2.99. The van der Waals surface area contributed by atoms with Crippen LogP contribution in [0, 0.1) is 0 Å². The predicted octanol–water partition coefficient (Wildman–Crippen LogP) is 1.13. The number of amides is 3. The number of rotatable bonds is 6. The number of hydrogen-bond donors (Lipinski definition) is 1. The second-order valence-corrected chi connectivity index (χ2v) is 4.37. The van der Waals surface area contributed by atoms with Gasteiger partial charge >= 0.3 is 0 Å². The summed E-state index contributed by atoms with van der Waals surface area (Å²) < 4.78 is 0. The number of nitrogens with zero attached hydrogens (tertiary/aromatic N) is 1. The fourth-order valence-electron chi connectivity index (χ4n) is 2.04. The van der Waals surface area contributed by atoms with Gasteiger partial charge < -0.3 is 0 Å². The lowest BCUT2D eigenvalue weighted by atomic mass is 10.1. The molecule has 6 nitrogen and oxygen atoms in total. The Hall–Kier alpha value is -2.21. The number of carbonyl (C=O) groups is 3. The Morgan fingerprint density at radius 1 is 1.20 bits per heavy atom. The second-order valence-electron chi connectivity index (χ2n) is 4.37. The first-order valence-electron chi connectivity index (χ1n) is 6.51. The Morgan fingerprint density at radius 2 is 1.80 bits per heavy atom. The lowest BCUT2D eigenvalue weighted by Crippen LogP contribution is -2.32. The maximum absolute atomic E-state index is 12.0. The van der Waals surface area contributed by atoms with E-state index in [0.29, 0.717) is 24.2 Å². The van der Waals surface area contributed by atoms with Crippen molar-refractivity contribution in [3.63, 3.8) is 0 Å². The molecule has 1 aliphatic heterocycles. The highest BCUT2D eigenvalue weighted by Gasteiger charge is 2.34. The van der Waals surface area contributed by atoms with Crippen LogP contribution >= 0.6 is 0 Å². The van der Waals surface area contributed by atoms with Gasteiger partial charge in [0, 0.05) is 13.0 Å². The topological polar surface area (TPSA) is 75.7 Å². The summed E-state index contributed by atoms with van der Waals surface area (Å²) in [6.07, 6.45) is 0.609. The van der Waals surface area contributed by atoms with Crippen molar-refractivity contribution in [1.29, 1.82) is 0 Å². The SMILES string of the molecule is CCONC(=O)CCCN1C(=O)c2ccccc2C1=O. The molecule has 1 heterocycles. The predicted molar refractivity (Wildman–Crippen MR) is 70.8 cm³/mol. The summed E-state index contributed by atoms with van der Waals surface area (Å²) in [5, 5.41) is 0. The standard InChI is InChI=1S/C14H16N2O4/c1-2-20-15-12(17)8-5-9-16-13(18)10-6-3-4-7-11(10)14(16)19/h3-4,6-7H,2,5,8-9H2,1H3,(H,15,17). The smallest absolute Gasteiger partial charge is 0.261 e. The molecule has 1 aromatic rings. The first-order valence-corrected chi connectivity index (χ1v) is 6.51. The molecule has 1 aliphatic rings. The number of imide groups is 1. The van der Waals surface area contributed by atoms with E-state index in [-0.39, 0.29) is 30.7 Å². The maximum Gasteiger partial charge on any atom is 0.261 e. The van der Waals surface area contributed by atoms with Crippen molar-refractivity contribution >= 4 is 17.7 Å². The Morgan fingerprint density at radius 3 is 2.35 bits per heavy atom. The number of nitrogens with one attached hydrogen (secondary N) is 1. The molecule has 0 saturated heterocycles. The number of hydroxylamine groups is 1. The average molecular weight is 276 g/mol. The highest BCUT2D eigenvalue weighted by atomic mass is 16.6. The monoisotopic (exact) mass is 276 g/mol. The van der Waals surface area contributed by atoms with E-state index in [1.165, 1.54) is 4.90 Å². The molecule has 2 rings (SSSR count). The van der Waals surface area contributed by atoms with Crippen LogP contribution in [0.15, 0.2) is 24.3 Å². The Balaban J connectivity index is 1.88. The Labute approximate surface area is 116 Å². The normalized spacial score (nSPS) is 13.6. The van der Waals surface area contributed by atoms with Crippen molar-refractivity contribution in [3.05, 3.63) is 35.4 Å². The molecule has 1 aromatic carbocycles. The largest absolute Gasteiger partial charge is 0.274 e. The lowest BCUT2D eigenvalue weighted by Gasteiger charge is -2.13. The van der Waals surface area contributed by atoms with E-state index in [1.54, 1.807) is 31.2 Å². The van der Waals surface area contributed by atoms with Crippen molar-refractivity contribution in [1.82, 2.24) is 10.4 Å². The molecule has 1 N–H and O–H groups in total. The molecule has 0 saturated carbocycles. The van der Waals surface area contributed by atoms with Crippen LogP contribution in [0.2, 0.25) is 0 Å². The summed E-state index contributed by atoms with van der Waals surface area (Å²) >= 11 is 0. The summed E-state index contributed by atoms with van der Waals surface area (Å²) in [5.41, 5.74) is 3.12. The van der Waals surface area contributed by atoms with Gasteiger partial charge in [-0.1, -0.05) is 12.1 Å². The van der Waals surface area contributed by atoms with E-state index < -0.39 is 0 Å². The van der Waals surface area contributed by atoms with E-state index in [4.69, 9.17) is 4.84 Å². The average Bonchev–Trinajstić information content (AvgIpc) is 2.70. The summed E-state index contributed by atoms with van der Waals surface area (Å²) in [4.78, 5) is 41.3. The number of hydrogen-bond acceptors (Lipinski definition) is 4. The quantitative estimate of drug-likeness (QED) is 0.624. The molecule has 20 heavy (non-hydrogen) atoms. The Bertz CT molecular complexity index is 507. The molecule has 0 aliphatic carbocycles. The molecule has 6 heteroatoms. The first kappa shape index (κ1) is 14.2. The molecular formula is C14H16N2O4. The van der Waals surface area contributed by atoms with Crippen LogP contribution in [0.3, 0.4) is 0 Å². The lowest BCUT2D eigenvalue weighted by molar-refractivity contribution is -0.133. The number of carbonyl (C=O) groups excluding carboxylic acids is 3. The molecule has 0 radical (unpaired) electrons. The van der Waals surface area contributed by atoms with Gasteiger partial charge in [-0.3, -0.25) is 24.1 Å². The molecule has 0 bridgehead atoms. The fraction of sp³-hybridized carbons (Fsp3) is 0.357. The molecular weight excluding hydrogens is 260 g/mol. The number of benzene rings is 1. The summed E-state index contributed by atoms with van der Waals surface area (Å²) in [7, 11) is 0. The Kier molecular flexibility index (Phi) is 4.47. The first-order chi connectivity index (χ1) is 9.65. The zero-order valence-electron chi connectivity index (χ0n) is 11.2. The van der Waals surface area contributed by atoms with Crippen LogP contribution in [-0.2, 0) is 9.63 Å². The third kappa shape index (κ3) is 2.85. The van der Waals surface area contributed by atoms with Gasteiger partial charge in [-0.15, -0.1) is 0 Å². The molecule has 0 aromatic heterocycles. The zero-order chi connectivity index (χ0) is 14.5. The van der Waals surface area contributed by atoms with E-state index in [9.17, 15) is 14.4 Å². The van der Waals surface area contributed by atoms with Crippen molar-refractivity contribution in [2.24, 2.45) is 0 Å². The molecule has 3 amide bonds. The third-order valence-corrected chi connectivity index (χ3v) is 2.99. The second kappa shape index (κ2) is 6.29. The van der Waals surface area contributed by atoms with Gasteiger partial charge in [-0.2, -0.15) is 0 Å². The molecule has 0 fully saturated rings. The molecule has 0 atom stereocenters. The summed E-state index contributed by atoms with van der Waals surface area (Å²) in [6, 6.07) is 6.72. The van der Waals surface area contributed by atoms with Crippen LogP contribution < -0.4 is 5.48 Å². The van der Waals surface area contributed by atoms with Crippen LogP contribution in [0.1, 0.15) is 40.5 Å². The summed E-state index contributed by atoms with van der Waals surface area (Å²) in [5.74, 6) is -0.852. The highest BCUT2D eigenvalue weighted by Crippen LogP contribution is 2.22. The fourth-order valence-corrected chi connectivity index (χ4v) is 2.04. The maximum atomic E-state index is 12.0. The van der Waals surface area contributed by atoms with E-state index in [1.807, 2.05) is 0 Å². The summed E-state index contributed by atoms with van der Waals surface area (Å²) in [6.45, 7) is 2.38. The van der Waals surface area contributed by atoms with Gasteiger partial charge in [0.05, 0.1) is 17.7 Å². The van der Waals surface area contributed by atoms with Gasteiger partial charge in [0.15, 0.2) is 0 Å². The van der Waals surface area contributed by atoms with Crippen LogP contribution in [0.5, 0.6) is 0 Å². The van der Waals surface area contributed by atoms with Crippen molar-refractivity contribution in [2.75, 3.05) is 13.2 Å². The van der Waals surface area contributed by atoms with Crippen molar-refractivity contribution in [3.8, 4) is 0 Å². The van der Waals surface area contributed by atoms with Gasteiger partial charge in [0.2, 0.25) is 5.91 Å². The molecule has 0 spiro atoms. The van der Waals surface area contributed by atoms with E-state index >= 15 is 0 Å². The zero-order valence-corrected chi connectivity index (χ0v) is 11.2. The van der Waals surface area contributed by atoms with E-state index in [0.717, 1.165) is 0 Å². The molecule has 106 valence electrons. The van der Waals surface area contributed by atoms with Crippen molar-refractivity contribution in [2.45, 2.75) is 19.8 Å². The van der Waals surface area contributed by atoms with Crippen LogP contribution in [-0.4, -0.2) is 35.8 Å². The minimum atomic E-state index is -0.296. The van der Waals surface area contributed by atoms with E-state index in [2.05, 4.69) is 5.48 Å². The minimum Gasteiger partial charge on any atom is -0.274 e. The van der Waals surface area contributed by atoms with Crippen LogP contribution in [0.4, 0.5) is 0 Å². The van der Waals surface area contributed by atoms with Gasteiger partial charge in [0.25, 0.3) is 11.8 Å². The van der Waals surface area contributed by atoms with Gasteiger partial charge in [-0.25, -0.2) is 5.48 Å². The minimum absolute atomic E-state index is 0.202.